The average Bonchev–Trinajstić information content (AvgIpc) is 2.85. The largest absolute Gasteiger partial charge is 0.458 e. The van der Waals surface area contributed by atoms with Crippen molar-refractivity contribution < 1.29 is 9.47 Å². The van der Waals surface area contributed by atoms with Crippen LogP contribution in [0.15, 0.2) is 97.1 Å². The van der Waals surface area contributed by atoms with Crippen molar-refractivity contribution in [2.45, 2.75) is 0 Å². The quantitative estimate of drug-likeness (QED) is 0.361. The van der Waals surface area contributed by atoms with E-state index in [0.29, 0.717) is 22.6 Å². The summed E-state index contributed by atoms with van der Waals surface area (Å²) < 4.78 is 11.4. The Kier molecular flexibility index (Phi) is 5.93. The van der Waals surface area contributed by atoms with Gasteiger partial charge in [0, 0.05) is 0 Å². The van der Waals surface area contributed by atoms with Gasteiger partial charge in [-0.3, -0.25) is 0 Å². The Morgan fingerprint density at radius 2 is 0.742 bits per heavy atom. The molecule has 0 N–H and O–H groups in total. The van der Waals surface area contributed by atoms with Crippen LogP contribution in [0.4, 0.5) is 0 Å². The summed E-state index contributed by atoms with van der Waals surface area (Å²) in [5.41, 5.74) is 5.48. The summed E-state index contributed by atoms with van der Waals surface area (Å²) in [5, 5.41) is 17.8. The standard InChI is InChI=1S/C27H18N2O2/c28-17-20-1-5-22(6-2-20)24-9-13-26(14-10-24)30-19-31-27-15-11-25(12-16-27)23-7-3-21(18-29)4-8-23/h1-16H,19H2. The van der Waals surface area contributed by atoms with Crippen molar-refractivity contribution >= 4 is 0 Å². The molecule has 0 bridgehead atoms. The maximum absolute atomic E-state index is 8.90. The van der Waals surface area contributed by atoms with Crippen molar-refractivity contribution in [3.8, 4) is 45.9 Å². The summed E-state index contributed by atoms with van der Waals surface area (Å²) in [6.07, 6.45) is 0. The van der Waals surface area contributed by atoms with Crippen LogP contribution in [-0.4, -0.2) is 6.79 Å². The van der Waals surface area contributed by atoms with Crippen molar-refractivity contribution in [1.29, 1.82) is 10.5 Å². The van der Waals surface area contributed by atoms with Gasteiger partial charge in [-0.2, -0.15) is 10.5 Å². The van der Waals surface area contributed by atoms with Crippen molar-refractivity contribution in [2.24, 2.45) is 0 Å². The molecule has 0 unspecified atom stereocenters. The van der Waals surface area contributed by atoms with E-state index < -0.39 is 0 Å². The summed E-state index contributed by atoms with van der Waals surface area (Å²) in [6.45, 7) is 0.104. The molecule has 4 rings (SSSR count). The summed E-state index contributed by atoms with van der Waals surface area (Å²) in [6, 6.07) is 34.7. The van der Waals surface area contributed by atoms with Gasteiger partial charge >= 0.3 is 0 Å². The first-order valence-electron chi connectivity index (χ1n) is 9.72. The Hall–Kier alpha value is -4.54. The Bertz CT molecular complexity index is 1130. The lowest BCUT2D eigenvalue weighted by Gasteiger charge is -2.10. The van der Waals surface area contributed by atoms with Crippen LogP contribution in [0.1, 0.15) is 11.1 Å². The van der Waals surface area contributed by atoms with Crippen LogP contribution in [-0.2, 0) is 0 Å². The third kappa shape index (κ3) is 4.90. The van der Waals surface area contributed by atoms with E-state index in [1.807, 2.05) is 72.8 Å². The Balaban J connectivity index is 1.31. The molecule has 4 nitrogen and oxygen atoms in total. The smallest absolute Gasteiger partial charge is 0.230 e. The van der Waals surface area contributed by atoms with Crippen LogP contribution in [0, 0.1) is 22.7 Å². The fourth-order valence-corrected chi connectivity index (χ4v) is 3.13. The summed E-state index contributed by atoms with van der Waals surface area (Å²) in [5.74, 6) is 1.43. The minimum absolute atomic E-state index is 0.104. The molecule has 0 aliphatic carbocycles. The molecule has 0 spiro atoms. The highest BCUT2D eigenvalue weighted by atomic mass is 16.7. The third-order valence-electron chi connectivity index (χ3n) is 4.85. The topological polar surface area (TPSA) is 66.0 Å². The molecule has 0 fully saturated rings. The second-order valence-electron chi connectivity index (χ2n) is 6.83. The second kappa shape index (κ2) is 9.31. The van der Waals surface area contributed by atoms with Gasteiger partial charge < -0.3 is 9.47 Å². The zero-order valence-corrected chi connectivity index (χ0v) is 16.7. The van der Waals surface area contributed by atoms with E-state index in [0.717, 1.165) is 22.3 Å². The van der Waals surface area contributed by atoms with Gasteiger partial charge in [-0.05, 0) is 70.8 Å². The van der Waals surface area contributed by atoms with Crippen LogP contribution < -0.4 is 9.47 Å². The van der Waals surface area contributed by atoms with Gasteiger partial charge in [0.1, 0.15) is 11.5 Å². The molecule has 4 heteroatoms. The highest BCUT2D eigenvalue weighted by Crippen LogP contribution is 2.24. The molecule has 148 valence electrons. The molecule has 0 atom stereocenters. The van der Waals surface area contributed by atoms with Crippen LogP contribution >= 0.6 is 0 Å². The average molecular weight is 402 g/mol. The van der Waals surface area contributed by atoms with Crippen molar-refractivity contribution in [3.05, 3.63) is 108 Å². The van der Waals surface area contributed by atoms with Crippen molar-refractivity contribution in [2.75, 3.05) is 6.79 Å². The first-order chi connectivity index (χ1) is 15.2. The minimum atomic E-state index is 0.104. The van der Waals surface area contributed by atoms with Gasteiger partial charge in [0.15, 0.2) is 0 Å². The molecule has 4 aromatic carbocycles. The molecule has 0 aliphatic heterocycles. The predicted molar refractivity (Wildman–Crippen MR) is 119 cm³/mol. The second-order valence-corrected chi connectivity index (χ2v) is 6.83. The number of nitriles is 2. The number of benzene rings is 4. The molecule has 0 saturated carbocycles. The fraction of sp³-hybridized carbons (Fsp3) is 0.0370. The molecule has 0 saturated heterocycles. The van der Waals surface area contributed by atoms with Crippen LogP contribution in [0.25, 0.3) is 22.3 Å². The fourth-order valence-electron chi connectivity index (χ4n) is 3.13. The van der Waals surface area contributed by atoms with Crippen LogP contribution in [0.2, 0.25) is 0 Å². The molecular weight excluding hydrogens is 384 g/mol. The molecule has 4 aromatic rings. The molecule has 0 heterocycles. The lowest BCUT2D eigenvalue weighted by molar-refractivity contribution is 0.120. The normalized spacial score (nSPS) is 10.0. The third-order valence-corrected chi connectivity index (χ3v) is 4.85. The van der Waals surface area contributed by atoms with Gasteiger partial charge in [0.05, 0.1) is 23.3 Å². The highest BCUT2D eigenvalue weighted by molar-refractivity contribution is 5.65. The van der Waals surface area contributed by atoms with E-state index in [4.69, 9.17) is 20.0 Å². The van der Waals surface area contributed by atoms with Gasteiger partial charge in [0.2, 0.25) is 6.79 Å². The zero-order chi connectivity index (χ0) is 21.5. The van der Waals surface area contributed by atoms with E-state index in [9.17, 15) is 0 Å². The van der Waals surface area contributed by atoms with E-state index in [1.54, 1.807) is 24.3 Å². The highest BCUT2D eigenvalue weighted by Gasteiger charge is 2.02. The van der Waals surface area contributed by atoms with Gasteiger partial charge in [-0.1, -0.05) is 48.5 Å². The van der Waals surface area contributed by atoms with Gasteiger partial charge in [-0.25, -0.2) is 0 Å². The number of hydrogen-bond donors (Lipinski definition) is 0. The lowest BCUT2D eigenvalue weighted by Crippen LogP contribution is -2.05. The molecular formula is C27H18N2O2. The molecule has 31 heavy (non-hydrogen) atoms. The monoisotopic (exact) mass is 402 g/mol. The summed E-state index contributed by atoms with van der Waals surface area (Å²) in [7, 11) is 0. The van der Waals surface area contributed by atoms with E-state index in [1.165, 1.54) is 0 Å². The SMILES string of the molecule is N#Cc1ccc(-c2ccc(OCOc3ccc(-c4ccc(C#N)cc4)cc3)cc2)cc1. The zero-order valence-electron chi connectivity index (χ0n) is 16.7. The van der Waals surface area contributed by atoms with Crippen molar-refractivity contribution in [3.63, 3.8) is 0 Å². The number of ether oxygens (including phenoxy) is 2. The Morgan fingerprint density at radius 3 is 1.03 bits per heavy atom. The van der Waals surface area contributed by atoms with E-state index >= 15 is 0 Å². The molecule has 0 aromatic heterocycles. The maximum atomic E-state index is 8.90. The molecule has 0 aliphatic rings. The first kappa shape index (κ1) is 19.8. The van der Waals surface area contributed by atoms with Crippen molar-refractivity contribution in [1.82, 2.24) is 0 Å². The van der Waals surface area contributed by atoms with E-state index in [-0.39, 0.29) is 6.79 Å². The Labute approximate surface area is 181 Å². The molecule has 0 amide bonds. The predicted octanol–water partition coefficient (Wildman–Crippen LogP) is 6.18. The number of rotatable bonds is 6. The minimum Gasteiger partial charge on any atom is -0.458 e. The summed E-state index contributed by atoms with van der Waals surface area (Å²) in [4.78, 5) is 0. The number of nitrogens with zero attached hydrogens (tertiary/aromatic N) is 2. The van der Waals surface area contributed by atoms with Crippen LogP contribution in [0.5, 0.6) is 11.5 Å². The number of hydrogen-bond acceptors (Lipinski definition) is 4. The van der Waals surface area contributed by atoms with Gasteiger partial charge in [0.25, 0.3) is 0 Å². The molecule has 0 radical (unpaired) electrons. The lowest BCUT2D eigenvalue weighted by atomic mass is 10.0. The van der Waals surface area contributed by atoms with Gasteiger partial charge in [-0.15, -0.1) is 0 Å². The summed E-state index contributed by atoms with van der Waals surface area (Å²) >= 11 is 0. The Morgan fingerprint density at radius 1 is 0.452 bits per heavy atom. The first-order valence-corrected chi connectivity index (χ1v) is 9.72. The van der Waals surface area contributed by atoms with E-state index in [2.05, 4.69) is 12.1 Å². The maximum Gasteiger partial charge on any atom is 0.230 e. The van der Waals surface area contributed by atoms with Crippen LogP contribution in [0.3, 0.4) is 0 Å².